The van der Waals surface area contributed by atoms with E-state index < -0.39 is 22.5 Å². The number of methoxy groups -OCH3 is 3. The summed E-state index contributed by atoms with van der Waals surface area (Å²) in [6.07, 6.45) is 0. The number of anilines is 2. The van der Waals surface area contributed by atoms with Crippen molar-refractivity contribution in [3.05, 3.63) is 71.8 Å². The summed E-state index contributed by atoms with van der Waals surface area (Å²) in [7, 11) is 0.334. The molecule has 1 N–H and O–H groups in total. The fraction of sp³-hybridized carbons (Fsp3) is 0.174. The molecule has 10 heteroatoms. The Morgan fingerprint density at radius 1 is 0.909 bits per heavy atom. The monoisotopic (exact) mass is 490 g/mol. The van der Waals surface area contributed by atoms with E-state index in [4.69, 9.17) is 25.8 Å². The average Bonchev–Trinajstić information content (AvgIpc) is 2.82. The maximum absolute atomic E-state index is 13.5. The van der Waals surface area contributed by atoms with Gasteiger partial charge in [-0.1, -0.05) is 17.7 Å². The van der Waals surface area contributed by atoms with E-state index in [1.54, 1.807) is 36.4 Å². The zero-order valence-electron chi connectivity index (χ0n) is 18.2. The Kier molecular flexibility index (Phi) is 7.67. The Balaban J connectivity index is 1.96. The molecule has 3 aromatic rings. The number of nitrogens with one attached hydrogen (secondary N) is 1. The second kappa shape index (κ2) is 10.5. The number of nitrogens with zero attached hydrogens (tertiary/aromatic N) is 1. The molecule has 0 saturated carbocycles. The first kappa shape index (κ1) is 24.2. The zero-order valence-corrected chi connectivity index (χ0v) is 19.8. The van der Waals surface area contributed by atoms with Crippen LogP contribution in [0.4, 0.5) is 11.4 Å². The minimum Gasteiger partial charge on any atom is -0.497 e. The molecule has 0 saturated heterocycles. The summed E-state index contributed by atoms with van der Waals surface area (Å²) in [5, 5.41) is 3.02. The molecule has 0 heterocycles. The summed E-state index contributed by atoms with van der Waals surface area (Å²) in [6.45, 7) is -0.505. The molecule has 8 nitrogen and oxygen atoms in total. The largest absolute Gasteiger partial charge is 0.497 e. The number of rotatable bonds is 9. The summed E-state index contributed by atoms with van der Waals surface area (Å²) < 4.78 is 43.5. The van der Waals surface area contributed by atoms with Crippen molar-refractivity contribution >= 4 is 38.9 Å². The standard InChI is InChI=1S/C23H23ClN2O6S/c1-30-18-7-10-20(11-8-18)33(28,29)26(17-6-4-5-16(24)13-17)15-23(27)25-21-14-19(31-2)9-12-22(21)32-3/h4-14H,15H2,1-3H3,(H,25,27). The van der Waals surface area contributed by atoms with E-state index in [0.29, 0.717) is 28.0 Å². The van der Waals surface area contributed by atoms with Crippen LogP contribution in [0.3, 0.4) is 0 Å². The number of hydrogen-bond donors (Lipinski definition) is 1. The van der Waals surface area contributed by atoms with Gasteiger partial charge in [0.15, 0.2) is 0 Å². The van der Waals surface area contributed by atoms with Crippen LogP contribution in [0.1, 0.15) is 0 Å². The molecule has 0 aliphatic rings. The highest BCUT2D eigenvalue weighted by Crippen LogP contribution is 2.30. The van der Waals surface area contributed by atoms with Crippen LogP contribution in [0.5, 0.6) is 17.2 Å². The van der Waals surface area contributed by atoms with E-state index in [9.17, 15) is 13.2 Å². The van der Waals surface area contributed by atoms with Crippen LogP contribution in [0.25, 0.3) is 0 Å². The SMILES string of the molecule is COc1ccc(S(=O)(=O)N(CC(=O)Nc2cc(OC)ccc2OC)c2cccc(Cl)c2)cc1. The first-order valence-corrected chi connectivity index (χ1v) is 11.5. The number of carbonyl (C=O) groups is 1. The molecule has 0 spiro atoms. The van der Waals surface area contributed by atoms with Crippen molar-refractivity contribution in [2.45, 2.75) is 4.90 Å². The van der Waals surface area contributed by atoms with Crippen LogP contribution in [0.2, 0.25) is 5.02 Å². The van der Waals surface area contributed by atoms with Gasteiger partial charge in [0.1, 0.15) is 23.8 Å². The molecule has 1 amide bonds. The van der Waals surface area contributed by atoms with Crippen molar-refractivity contribution in [1.29, 1.82) is 0 Å². The maximum Gasteiger partial charge on any atom is 0.264 e. The predicted octanol–water partition coefficient (Wildman–Crippen LogP) is 4.20. The normalized spacial score (nSPS) is 10.9. The summed E-state index contributed by atoms with van der Waals surface area (Å²) in [4.78, 5) is 13.0. The van der Waals surface area contributed by atoms with Crippen molar-refractivity contribution < 1.29 is 27.4 Å². The van der Waals surface area contributed by atoms with Gasteiger partial charge >= 0.3 is 0 Å². The van der Waals surface area contributed by atoms with Gasteiger partial charge in [-0.2, -0.15) is 0 Å². The molecular weight excluding hydrogens is 468 g/mol. The molecule has 3 aromatic carbocycles. The lowest BCUT2D eigenvalue weighted by Gasteiger charge is -2.24. The third kappa shape index (κ3) is 5.68. The van der Waals surface area contributed by atoms with Crippen molar-refractivity contribution in [3.8, 4) is 17.2 Å². The van der Waals surface area contributed by atoms with Crippen molar-refractivity contribution in [3.63, 3.8) is 0 Å². The number of halogens is 1. The highest BCUT2D eigenvalue weighted by atomic mass is 35.5. The molecular formula is C23H23ClN2O6S. The van der Waals surface area contributed by atoms with E-state index >= 15 is 0 Å². The molecule has 0 aliphatic heterocycles. The Morgan fingerprint density at radius 3 is 2.18 bits per heavy atom. The second-order valence-electron chi connectivity index (χ2n) is 6.78. The molecule has 0 unspecified atom stereocenters. The summed E-state index contributed by atoms with van der Waals surface area (Å²) in [5.41, 5.74) is 0.584. The molecule has 0 atom stereocenters. The lowest BCUT2D eigenvalue weighted by molar-refractivity contribution is -0.114. The van der Waals surface area contributed by atoms with Crippen LogP contribution in [-0.4, -0.2) is 42.2 Å². The minimum atomic E-state index is -4.11. The first-order valence-electron chi connectivity index (χ1n) is 9.72. The molecule has 174 valence electrons. The fourth-order valence-corrected chi connectivity index (χ4v) is 4.65. The molecule has 0 aliphatic carbocycles. The second-order valence-corrected chi connectivity index (χ2v) is 9.08. The highest BCUT2D eigenvalue weighted by Gasteiger charge is 2.28. The summed E-state index contributed by atoms with van der Waals surface area (Å²) in [5.74, 6) is 0.824. The maximum atomic E-state index is 13.5. The van der Waals surface area contributed by atoms with Gasteiger partial charge in [0.2, 0.25) is 5.91 Å². The smallest absolute Gasteiger partial charge is 0.264 e. The van der Waals surface area contributed by atoms with Gasteiger partial charge in [0.25, 0.3) is 10.0 Å². The number of hydrogen-bond acceptors (Lipinski definition) is 6. The van der Waals surface area contributed by atoms with Gasteiger partial charge in [-0.05, 0) is 54.6 Å². The Morgan fingerprint density at radius 2 is 1.58 bits per heavy atom. The lowest BCUT2D eigenvalue weighted by Crippen LogP contribution is -2.38. The summed E-state index contributed by atoms with van der Waals surface area (Å²) >= 11 is 6.09. The van der Waals surface area contributed by atoms with Crippen LogP contribution < -0.4 is 23.8 Å². The van der Waals surface area contributed by atoms with Crippen molar-refractivity contribution in [2.75, 3.05) is 37.5 Å². The fourth-order valence-electron chi connectivity index (χ4n) is 3.05. The Labute approximate surface area is 197 Å². The molecule has 3 rings (SSSR count). The number of carbonyl (C=O) groups excluding carboxylic acids is 1. The molecule has 33 heavy (non-hydrogen) atoms. The summed E-state index contributed by atoms with van der Waals surface area (Å²) in [6, 6.07) is 17.0. The number of benzene rings is 3. The van der Waals surface area contributed by atoms with Gasteiger partial charge < -0.3 is 19.5 Å². The third-order valence-electron chi connectivity index (χ3n) is 4.71. The number of sulfonamides is 1. The van der Waals surface area contributed by atoms with Gasteiger partial charge in [-0.25, -0.2) is 8.42 Å². The quantitative estimate of drug-likeness (QED) is 0.483. The van der Waals surface area contributed by atoms with Crippen molar-refractivity contribution in [1.82, 2.24) is 0 Å². The van der Waals surface area contributed by atoms with E-state index in [0.717, 1.165) is 4.31 Å². The number of amides is 1. The molecule has 0 bridgehead atoms. The zero-order chi connectivity index (χ0) is 24.0. The van der Waals surface area contributed by atoms with Crippen molar-refractivity contribution in [2.24, 2.45) is 0 Å². The minimum absolute atomic E-state index is 0.00460. The Hall–Kier alpha value is -3.43. The van der Waals surface area contributed by atoms with Gasteiger partial charge in [-0.15, -0.1) is 0 Å². The van der Waals surface area contributed by atoms with Crippen LogP contribution in [0.15, 0.2) is 71.6 Å². The highest BCUT2D eigenvalue weighted by molar-refractivity contribution is 7.92. The number of ether oxygens (including phenoxy) is 3. The van der Waals surface area contributed by atoms with Crippen LogP contribution in [0, 0.1) is 0 Å². The van der Waals surface area contributed by atoms with Crippen LogP contribution in [-0.2, 0) is 14.8 Å². The first-order chi connectivity index (χ1) is 15.8. The van der Waals surface area contributed by atoms with Gasteiger partial charge in [0, 0.05) is 11.1 Å². The average molecular weight is 491 g/mol. The van der Waals surface area contributed by atoms with Gasteiger partial charge in [0.05, 0.1) is 37.6 Å². The van der Waals surface area contributed by atoms with E-state index in [1.807, 2.05) is 0 Å². The van der Waals surface area contributed by atoms with E-state index in [1.165, 1.54) is 51.7 Å². The van der Waals surface area contributed by atoms with Gasteiger partial charge in [-0.3, -0.25) is 9.10 Å². The predicted molar refractivity (Wildman–Crippen MR) is 127 cm³/mol. The van der Waals surface area contributed by atoms with E-state index in [2.05, 4.69) is 5.32 Å². The van der Waals surface area contributed by atoms with Crippen LogP contribution >= 0.6 is 11.6 Å². The lowest BCUT2D eigenvalue weighted by atomic mass is 10.2. The third-order valence-corrected chi connectivity index (χ3v) is 6.73. The molecule has 0 aromatic heterocycles. The topological polar surface area (TPSA) is 94.2 Å². The molecule has 0 fully saturated rings. The molecule has 0 radical (unpaired) electrons. The Bertz CT molecular complexity index is 1230. The van der Waals surface area contributed by atoms with E-state index in [-0.39, 0.29) is 10.6 Å².